The van der Waals surface area contributed by atoms with E-state index in [2.05, 4.69) is 42.6 Å². The highest BCUT2D eigenvalue weighted by Gasteiger charge is 2.11. The van der Waals surface area contributed by atoms with Gasteiger partial charge in [-0.05, 0) is 44.0 Å². The minimum Gasteiger partial charge on any atom is -0.473 e. The molecule has 3 rings (SSSR count). The number of nitrogens with zero attached hydrogens (tertiary/aromatic N) is 1. The van der Waals surface area contributed by atoms with Crippen molar-refractivity contribution in [3.8, 4) is 17.0 Å². The molecular formula is C22H24N2O. The molecule has 0 saturated heterocycles. The third kappa shape index (κ3) is 3.66. The van der Waals surface area contributed by atoms with Gasteiger partial charge in [0.2, 0.25) is 5.88 Å². The number of ether oxygens (including phenoxy) is 1. The van der Waals surface area contributed by atoms with E-state index in [4.69, 9.17) is 9.72 Å². The van der Waals surface area contributed by atoms with E-state index in [1.54, 1.807) is 0 Å². The molecule has 25 heavy (non-hydrogen) atoms. The maximum atomic E-state index is 6.07. The van der Waals surface area contributed by atoms with Gasteiger partial charge < -0.3 is 10.1 Å². The Balaban J connectivity index is 1.86. The first-order valence-electron chi connectivity index (χ1n) is 8.53. The van der Waals surface area contributed by atoms with Gasteiger partial charge in [0, 0.05) is 35.1 Å². The Labute approximate surface area is 149 Å². The van der Waals surface area contributed by atoms with Crippen LogP contribution in [0.5, 0.6) is 5.88 Å². The Kier molecular flexibility index (Phi) is 5.03. The second kappa shape index (κ2) is 7.39. The van der Waals surface area contributed by atoms with Gasteiger partial charge in [-0.15, -0.1) is 0 Å². The van der Waals surface area contributed by atoms with E-state index < -0.39 is 0 Å². The maximum Gasteiger partial charge on any atom is 0.216 e. The smallest absolute Gasteiger partial charge is 0.216 e. The zero-order chi connectivity index (χ0) is 17.8. The van der Waals surface area contributed by atoms with Crippen molar-refractivity contribution in [1.29, 1.82) is 0 Å². The number of nitrogens with one attached hydrogen (secondary N) is 1. The average Bonchev–Trinajstić information content (AvgIpc) is 2.63. The average molecular weight is 332 g/mol. The lowest BCUT2D eigenvalue weighted by molar-refractivity contribution is 0.291. The van der Waals surface area contributed by atoms with E-state index >= 15 is 0 Å². The highest BCUT2D eigenvalue weighted by atomic mass is 16.5. The lowest BCUT2D eigenvalue weighted by Gasteiger charge is -2.15. The van der Waals surface area contributed by atoms with Gasteiger partial charge in [-0.3, -0.25) is 0 Å². The normalized spacial score (nSPS) is 10.6. The van der Waals surface area contributed by atoms with Crippen molar-refractivity contribution < 1.29 is 4.74 Å². The van der Waals surface area contributed by atoms with Crippen molar-refractivity contribution in [2.24, 2.45) is 0 Å². The number of pyridine rings is 1. The Hall–Kier alpha value is -2.81. The van der Waals surface area contributed by atoms with Crippen LogP contribution in [0, 0.1) is 20.8 Å². The van der Waals surface area contributed by atoms with Crippen molar-refractivity contribution in [2.75, 3.05) is 12.4 Å². The van der Waals surface area contributed by atoms with Crippen molar-refractivity contribution in [1.82, 2.24) is 4.98 Å². The Bertz CT molecular complexity index is 873. The van der Waals surface area contributed by atoms with Crippen molar-refractivity contribution in [3.05, 3.63) is 77.0 Å². The molecule has 0 spiro atoms. The third-order valence-corrected chi connectivity index (χ3v) is 4.47. The summed E-state index contributed by atoms with van der Waals surface area (Å²) in [6.07, 6.45) is 0. The molecule has 0 bridgehead atoms. The molecule has 1 aromatic heterocycles. The van der Waals surface area contributed by atoms with Gasteiger partial charge in [-0.2, -0.15) is 0 Å². The molecule has 0 saturated carbocycles. The molecule has 0 atom stereocenters. The lowest BCUT2D eigenvalue weighted by atomic mass is 10.0. The van der Waals surface area contributed by atoms with E-state index in [0.29, 0.717) is 12.5 Å². The third-order valence-electron chi connectivity index (χ3n) is 4.47. The molecule has 0 aliphatic rings. The van der Waals surface area contributed by atoms with Crippen LogP contribution in [0.3, 0.4) is 0 Å². The van der Waals surface area contributed by atoms with Gasteiger partial charge in [-0.25, -0.2) is 4.98 Å². The monoisotopic (exact) mass is 332 g/mol. The summed E-state index contributed by atoms with van der Waals surface area (Å²) in [6, 6.07) is 18.7. The van der Waals surface area contributed by atoms with Crippen LogP contribution in [0.25, 0.3) is 11.1 Å². The van der Waals surface area contributed by atoms with Crippen LogP contribution in [0.15, 0.2) is 54.6 Å². The Morgan fingerprint density at radius 3 is 2.40 bits per heavy atom. The summed E-state index contributed by atoms with van der Waals surface area (Å²) in [5, 5.41) is 3.23. The number of aryl methyl sites for hydroxylation is 3. The van der Waals surface area contributed by atoms with E-state index in [1.807, 2.05) is 45.2 Å². The number of aromatic nitrogens is 1. The molecule has 0 radical (unpaired) electrons. The summed E-state index contributed by atoms with van der Waals surface area (Å²) >= 11 is 0. The van der Waals surface area contributed by atoms with Crippen LogP contribution in [0.1, 0.15) is 22.4 Å². The molecule has 0 fully saturated rings. The molecule has 3 aromatic rings. The molecule has 3 nitrogen and oxygen atoms in total. The van der Waals surface area contributed by atoms with Crippen molar-refractivity contribution in [3.63, 3.8) is 0 Å². The number of benzene rings is 2. The molecular weight excluding hydrogens is 308 g/mol. The fourth-order valence-corrected chi connectivity index (χ4v) is 3.01. The summed E-state index contributed by atoms with van der Waals surface area (Å²) < 4.78 is 6.07. The van der Waals surface area contributed by atoms with E-state index in [9.17, 15) is 0 Å². The molecule has 0 aliphatic heterocycles. The van der Waals surface area contributed by atoms with Gasteiger partial charge in [0.1, 0.15) is 6.61 Å². The van der Waals surface area contributed by atoms with Gasteiger partial charge in [0.15, 0.2) is 0 Å². The number of hydrogen-bond acceptors (Lipinski definition) is 3. The van der Waals surface area contributed by atoms with Crippen LogP contribution in [-0.2, 0) is 6.61 Å². The number of anilines is 1. The fourth-order valence-electron chi connectivity index (χ4n) is 3.01. The summed E-state index contributed by atoms with van der Waals surface area (Å²) in [7, 11) is 1.93. The predicted octanol–water partition coefficient (Wildman–Crippen LogP) is 5.29. The maximum absolute atomic E-state index is 6.07. The molecule has 3 heteroatoms. The van der Waals surface area contributed by atoms with Crippen molar-refractivity contribution >= 4 is 5.69 Å². The second-order valence-corrected chi connectivity index (χ2v) is 6.25. The fraction of sp³-hybridized carbons (Fsp3) is 0.227. The van der Waals surface area contributed by atoms with Gasteiger partial charge in [0.25, 0.3) is 0 Å². The van der Waals surface area contributed by atoms with Gasteiger partial charge in [0.05, 0.1) is 0 Å². The second-order valence-electron chi connectivity index (χ2n) is 6.25. The molecule has 0 aliphatic carbocycles. The van der Waals surface area contributed by atoms with E-state index in [-0.39, 0.29) is 0 Å². The van der Waals surface area contributed by atoms with Crippen LogP contribution in [-0.4, -0.2) is 12.0 Å². The lowest BCUT2D eigenvalue weighted by Crippen LogP contribution is -2.05. The molecule has 128 valence electrons. The summed E-state index contributed by atoms with van der Waals surface area (Å²) in [5.41, 5.74) is 7.82. The molecule has 0 unspecified atom stereocenters. The summed E-state index contributed by atoms with van der Waals surface area (Å²) in [4.78, 5) is 4.71. The minimum atomic E-state index is 0.501. The molecule has 2 aromatic carbocycles. The molecule has 0 amide bonds. The predicted molar refractivity (Wildman–Crippen MR) is 104 cm³/mol. The SMILES string of the molecule is CNc1cccc(C)c1COc1nc(C)c(-c2ccccc2)cc1C. The summed E-state index contributed by atoms with van der Waals surface area (Å²) in [5.74, 6) is 0.697. The summed E-state index contributed by atoms with van der Waals surface area (Å²) in [6.45, 7) is 6.68. The quantitative estimate of drug-likeness (QED) is 0.689. The van der Waals surface area contributed by atoms with Crippen molar-refractivity contribution in [2.45, 2.75) is 27.4 Å². The van der Waals surface area contributed by atoms with Crippen LogP contribution < -0.4 is 10.1 Å². The zero-order valence-corrected chi connectivity index (χ0v) is 15.3. The number of hydrogen-bond donors (Lipinski definition) is 1. The highest BCUT2D eigenvalue weighted by Crippen LogP contribution is 2.28. The molecule has 1 heterocycles. The highest BCUT2D eigenvalue weighted by molar-refractivity contribution is 5.67. The van der Waals surface area contributed by atoms with E-state index in [1.165, 1.54) is 11.1 Å². The van der Waals surface area contributed by atoms with Crippen LogP contribution in [0.4, 0.5) is 5.69 Å². The first-order valence-corrected chi connectivity index (χ1v) is 8.53. The standard InChI is InChI=1S/C22H24N2O/c1-15-9-8-12-21(23-4)20(15)14-25-22-16(2)13-19(17(3)24-22)18-10-6-5-7-11-18/h5-13,23H,14H2,1-4H3. The molecule has 1 N–H and O–H groups in total. The first kappa shape index (κ1) is 17.0. The van der Waals surface area contributed by atoms with Gasteiger partial charge >= 0.3 is 0 Å². The first-order chi connectivity index (χ1) is 12.1. The van der Waals surface area contributed by atoms with Gasteiger partial charge in [-0.1, -0.05) is 42.5 Å². The van der Waals surface area contributed by atoms with Crippen LogP contribution >= 0.6 is 0 Å². The largest absolute Gasteiger partial charge is 0.473 e. The zero-order valence-electron chi connectivity index (χ0n) is 15.3. The Morgan fingerprint density at radius 2 is 1.68 bits per heavy atom. The minimum absolute atomic E-state index is 0.501. The van der Waals surface area contributed by atoms with Crippen LogP contribution in [0.2, 0.25) is 0 Å². The van der Waals surface area contributed by atoms with E-state index in [0.717, 1.165) is 28.1 Å². The number of rotatable bonds is 5. The topological polar surface area (TPSA) is 34.1 Å². The Morgan fingerprint density at radius 1 is 0.920 bits per heavy atom.